The van der Waals surface area contributed by atoms with Gasteiger partial charge < -0.3 is 15.5 Å². The molecule has 0 saturated heterocycles. The summed E-state index contributed by atoms with van der Waals surface area (Å²) in [6, 6.07) is 5.77. The van der Waals surface area contributed by atoms with Crippen molar-refractivity contribution in [3.05, 3.63) is 29.3 Å². The lowest BCUT2D eigenvalue weighted by Gasteiger charge is -2.21. The number of nitrogens with one attached hydrogen (secondary N) is 2. The molecule has 21 heavy (non-hydrogen) atoms. The first-order chi connectivity index (χ1) is 9.97. The van der Waals surface area contributed by atoms with Crippen LogP contribution in [0.15, 0.2) is 18.2 Å². The van der Waals surface area contributed by atoms with Crippen LogP contribution in [-0.4, -0.2) is 42.9 Å². The zero-order valence-corrected chi connectivity index (χ0v) is 12.9. The molecule has 1 aliphatic heterocycles. The van der Waals surface area contributed by atoms with Crippen LogP contribution in [0, 0.1) is 0 Å². The van der Waals surface area contributed by atoms with Gasteiger partial charge in [0.2, 0.25) is 5.91 Å². The molecule has 0 saturated carbocycles. The third-order valence-corrected chi connectivity index (χ3v) is 3.47. The molecule has 1 aromatic rings. The fourth-order valence-electron chi connectivity index (χ4n) is 2.48. The Labute approximate surface area is 125 Å². The van der Waals surface area contributed by atoms with Gasteiger partial charge in [0.15, 0.2) is 0 Å². The highest BCUT2D eigenvalue weighted by molar-refractivity contribution is 5.97. The molecule has 0 atom stereocenters. The quantitative estimate of drug-likeness (QED) is 0.886. The lowest BCUT2D eigenvalue weighted by molar-refractivity contribution is -0.122. The summed E-state index contributed by atoms with van der Waals surface area (Å²) >= 11 is 0. The molecule has 0 radical (unpaired) electrons. The van der Waals surface area contributed by atoms with Crippen molar-refractivity contribution >= 4 is 17.5 Å². The number of amides is 2. The van der Waals surface area contributed by atoms with Gasteiger partial charge in [-0.3, -0.25) is 9.59 Å². The molecule has 0 spiro atoms. The van der Waals surface area contributed by atoms with Gasteiger partial charge in [-0.25, -0.2) is 0 Å². The number of anilines is 1. The molecule has 2 rings (SSSR count). The van der Waals surface area contributed by atoms with E-state index in [9.17, 15) is 9.59 Å². The summed E-state index contributed by atoms with van der Waals surface area (Å²) in [4.78, 5) is 25.5. The second-order valence-electron chi connectivity index (χ2n) is 5.79. The average Bonchev–Trinajstić information content (AvgIpc) is 2.45. The van der Waals surface area contributed by atoms with E-state index in [2.05, 4.69) is 10.6 Å². The van der Waals surface area contributed by atoms with Crippen LogP contribution >= 0.6 is 0 Å². The van der Waals surface area contributed by atoms with Gasteiger partial charge in [0.05, 0.1) is 6.54 Å². The topological polar surface area (TPSA) is 61.4 Å². The van der Waals surface area contributed by atoms with Crippen molar-refractivity contribution in [1.29, 1.82) is 0 Å². The number of carbonyl (C=O) groups is 2. The molecular formula is C16H23N3O2. The zero-order chi connectivity index (χ0) is 15.4. The van der Waals surface area contributed by atoms with Crippen LogP contribution in [0.1, 0.15) is 36.2 Å². The molecule has 5 heteroatoms. The lowest BCUT2D eigenvalue weighted by Crippen LogP contribution is -2.40. The van der Waals surface area contributed by atoms with Gasteiger partial charge in [-0.05, 0) is 50.5 Å². The fraction of sp³-hybridized carbons (Fsp3) is 0.500. The number of likely N-dealkylation sites (N-methyl/N-ethyl adjacent to an activating group) is 1. The Bertz CT molecular complexity index is 540. The summed E-state index contributed by atoms with van der Waals surface area (Å²) in [7, 11) is 1.65. The van der Waals surface area contributed by atoms with Gasteiger partial charge in [-0.2, -0.15) is 0 Å². The number of aryl methyl sites for hydroxylation is 1. The standard InChI is InChI=1S/C16H23N3O2/c1-11(2)18-15(20)10-19(3)16(21)13-6-7-14-12(9-13)5-4-8-17-14/h6-7,9,11,17H,4-5,8,10H2,1-3H3,(H,18,20). The normalized spacial score (nSPS) is 13.3. The minimum Gasteiger partial charge on any atom is -0.385 e. The monoisotopic (exact) mass is 289 g/mol. The van der Waals surface area contributed by atoms with Crippen LogP contribution in [0.4, 0.5) is 5.69 Å². The first kappa shape index (κ1) is 15.4. The molecular weight excluding hydrogens is 266 g/mol. The summed E-state index contributed by atoms with van der Waals surface area (Å²) in [5.74, 6) is -0.261. The number of hydrogen-bond donors (Lipinski definition) is 2. The molecule has 0 aromatic heterocycles. The van der Waals surface area contributed by atoms with Gasteiger partial charge >= 0.3 is 0 Å². The number of rotatable bonds is 4. The predicted molar refractivity (Wildman–Crippen MR) is 83.5 cm³/mol. The zero-order valence-electron chi connectivity index (χ0n) is 12.9. The summed E-state index contributed by atoms with van der Waals surface area (Å²) in [5, 5.41) is 6.11. The van der Waals surface area contributed by atoms with Crippen molar-refractivity contribution in [2.45, 2.75) is 32.7 Å². The Balaban J connectivity index is 2.03. The highest BCUT2D eigenvalue weighted by Crippen LogP contribution is 2.23. The number of carbonyl (C=O) groups excluding carboxylic acids is 2. The molecule has 0 aliphatic carbocycles. The Morgan fingerprint density at radius 3 is 2.86 bits per heavy atom. The predicted octanol–water partition coefficient (Wildman–Crippen LogP) is 1.64. The Kier molecular flexibility index (Phi) is 4.83. The molecule has 0 bridgehead atoms. The minimum atomic E-state index is -0.138. The van der Waals surface area contributed by atoms with E-state index >= 15 is 0 Å². The van der Waals surface area contributed by atoms with E-state index in [1.807, 2.05) is 32.0 Å². The number of fused-ring (bicyclic) bond motifs is 1. The molecule has 1 aromatic carbocycles. The van der Waals surface area contributed by atoms with Gasteiger partial charge in [0.25, 0.3) is 5.91 Å². The molecule has 0 fully saturated rings. The van der Waals surface area contributed by atoms with Crippen molar-refractivity contribution in [1.82, 2.24) is 10.2 Å². The Morgan fingerprint density at radius 2 is 2.14 bits per heavy atom. The van der Waals surface area contributed by atoms with Crippen LogP contribution in [-0.2, 0) is 11.2 Å². The first-order valence-electron chi connectivity index (χ1n) is 7.39. The van der Waals surface area contributed by atoms with Crippen molar-refractivity contribution in [2.75, 3.05) is 25.5 Å². The van der Waals surface area contributed by atoms with Gasteiger partial charge in [0.1, 0.15) is 0 Å². The van der Waals surface area contributed by atoms with Gasteiger partial charge in [-0.15, -0.1) is 0 Å². The van der Waals surface area contributed by atoms with Crippen LogP contribution in [0.5, 0.6) is 0 Å². The van der Waals surface area contributed by atoms with E-state index in [0.717, 1.165) is 25.1 Å². The van der Waals surface area contributed by atoms with Crippen LogP contribution in [0.2, 0.25) is 0 Å². The fourth-order valence-corrected chi connectivity index (χ4v) is 2.48. The average molecular weight is 289 g/mol. The van der Waals surface area contributed by atoms with E-state index in [-0.39, 0.29) is 24.4 Å². The van der Waals surface area contributed by atoms with Crippen molar-refractivity contribution in [3.8, 4) is 0 Å². The Morgan fingerprint density at radius 1 is 1.38 bits per heavy atom. The SMILES string of the molecule is CC(C)NC(=O)CN(C)C(=O)c1ccc2c(c1)CCCN2. The molecule has 5 nitrogen and oxygen atoms in total. The number of nitrogens with zero attached hydrogens (tertiary/aromatic N) is 1. The van der Waals surface area contributed by atoms with E-state index in [1.165, 1.54) is 10.5 Å². The van der Waals surface area contributed by atoms with Crippen molar-refractivity contribution in [3.63, 3.8) is 0 Å². The summed E-state index contributed by atoms with van der Waals surface area (Å²) < 4.78 is 0. The smallest absolute Gasteiger partial charge is 0.254 e. The van der Waals surface area contributed by atoms with Gasteiger partial charge in [0, 0.05) is 30.9 Å². The third kappa shape index (κ3) is 3.97. The molecule has 1 aliphatic rings. The van der Waals surface area contributed by atoms with E-state index in [4.69, 9.17) is 0 Å². The molecule has 1 heterocycles. The Hall–Kier alpha value is -2.04. The number of hydrogen-bond acceptors (Lipinski definition) is 3. The first-order valence-corrected chi connectivity index (χ1v) is 7.39. The third-order valence-electron chi connectivity index (χ3n) is 3.47. The van der Waals surface area contributed by atoms with E-state index in [1.54, 1.807) is 7.05 Å². The molecule has 114 valence electrons. The van der Waals surface area contributed by atoms with Gasteiger partial charge in [-0.1, -0.05) is 0 Å². The maximum atomic E-state index is 12.4. The molecule has 0 unspecified atom stereocenters. The molecule has 2 N–H and O–H groups in total. The highest BCUT2D eigenvalue weighted by atomic mass is 16.2. The van der Waals surface area contributed by atoms with Crippen molar-refractivity contribution < 1.29 is 9.59 Å². The minimum absolute atomic E-state index is 0.0757. The van der Waals surface area contributed by atoms with Crippen LogP contribution in [0.25, 0.3) is 0 Å². The maximum Gasteiger partial charge on any atom is 0.254 e. The summed E-state index contributed by atoms with van der Waals surface area (Å²) in [6.45, 7) is 4.86. The highest BCUT2D eigenvalue weighted by Gasteiger charge is 2.17. The largest absolute Gasteiger partial charge is 0.385 e. The van der Waals surface area contributed by atoms with E-state index in [0.29, 0.717) is 5.56 Å². The number of benzene rings is 1. The van der Waals surface area contributed by atoms with Crippen LogP contribution < -0.4 is 10.6 Å². The summed E-state index contributed by atoms with van der Waals surface area (Å²) in [5.41, 5.74) is 2.92. The molecule has 2 amide bonds. The summed E-state index contributed by atoms with van der Waals surface area (Å²) in [6.07, 6.45) is 2.07. The lowest BCUT2D eigenvalue weighted by atomic mass is 10.0. The van der Waals surface area contributed by atoms with Crippen LogP contribution in [0.3, 0.4) is 0 Å². The van der Waals surface area contributed by atoms with Crippen molar-refractivity contribution in [2.24, 2.45) is 0 Å². The van der Waals surface area contributed by atoms with E-state index < -0.39 is 0 Å². The maximum absolute atomic E-state index is 12.4. The second-order valence-corrected chi connectivity index (χ2v) is 5.79. The second kappa shape index (κ2) is 6.61.